The summed E-state index contributed by atoms with van der Waals surface area (Å²) in [6.07, 6.45) is 0. The number of hydrogen-bond donors (Lipinski definition) is 3. The zero-order valence-electron chi connectivity index (χ0n) is 9.68. The van der Waals surface area contributed by atoms with Crippen LogP contribution in [0.1, 0.15) is 0 Å². The van der Waals surface area contributed by atoms with E-state index < -0.39 is 25.2 Å². The highest BCUT2D eigenvalue weighted by atomic mass is 28.5. The largest absolute Gasteiger partial charge is 0.347 e. The maximum atomic E-state index is 5.94. The van der Waals surface area contributed by atoms with E-state index in [-0.39, 0.29) is 0 Å². The first-order valence-corrected chi connectivity index (χ1v) is 13.6. The van der Waals surface area contributed by atoms with Gasteiger partial charge in [-0.25, -0.2) is 0 Å². The van der Waals surface area contributed by atoms with Crippen molar-refractivity contribution < 1.29 is 0 Å². The van der Waals surface area contributed by atoms with Crippen LogP contribution in [0.5, 0.6) is 0 Å². The molecule has 0 bridgehead atoms. The molecule has 0 saturated carbocycles. The van der Waals surface area contributed by atoms with Crippen LogP contribution >= 0.6 is 0 Å². The van der Waals surface area contributed by atoms with Crippen LogP contribution in [0.2, 0.25) is 39.3 Å². The van der Waals surface area contributed by atoms with Gasteiger partial charge in [-0.05, 0) is 0 Å². The minimum absolute atomic E-state index is 1.48. The van der Waals surface area contributed by atoms with Gasteiger partial charge in [0, 0.05) is 0 Å². The predicted molar refractivity (Wildman–Crippen MR) is 66.8 cm³/mol. The fraction of sp³-hybridized carbons (Fsp3) is 1.00. The summed E-state index contributed by atoms with van der Waals surface area (Å²) in [4.78, 5) is 0. The van der Waals surface area contributed by atoms with Crippen molar-refractivity contribution in [2.24, 2.45) is 16.2 Å². The van der Waals surface area contributed by atoms with Gasteiger partial charge in [-0.1, -0.05) is 39.3 Å². The van der Waals surface area contributed by atoms with Gasteiger partial charge in [0.05, 0.1) is 0 Å². The second-order valence-corrected chi connectivity index (χ2v) is 18.7. The Morgan fingerprint density at radius 2 is 0.923 bits per heavy atom. The van der Waals surface area contributed by atoms with E-state index in [4.69, 9.17) is 16.2 Å². The summed E-state index contributed by atoms with van der Waals surface area (Å²) in [6.45, 7) is 13.5. The summed E-state index contributed by atoms with van der Waals surface area (Å²) < 4.78 is 2.31. The van der Waals surface area contributed by atoms with Gasteiger partial charge in [-0.3, -0.25) is 0 Å². The lowest BCUT2D eigenvalue weighted by Gasteiger charge is -2.49. The number of nitrogens with two attached hydrogens (primary N) is 3. The molecule has 0 atom stereocenters. The van der Waals surface area contributed by atoms with Crippen LogP contribution in [-0.4, -0.2) is 29.1 Å². The molecule has 0 fully saturated rings. The maximum absolute atomic E-state index is 5.94. The molecule has 13 heavy (non-hydrogen) atoms. The Bertz CT molecular complexity index is 143. The zero-order valence-corrected chi connectivity index (χ0v) is 12.7. The first-order valence-electron chi connectivity index (χ1n) is 4.54. The summed E-state index contributed by atoms with van der Waals surface area (Å²) in [6, 6.07) is 0. The molecule has 6 N–H and O–H groups in total. The molecule has 0 heterocycles. The molecule has 0 radical (unpaired) electrons. The fourth-order valence-corrected chi connectivity index (χ4v) is 19.5. The predicted octanol–water partition coefficient (Wildman–Crippen LogP) is 0.270. The average Bonchev–Trinajstić information content (AvgIpc) is 1.44. The third-order valence-corrected chi connectivity index (χ3v) is 15.6. The van der Waals surface area contributed by atoms with Crippen LogP contribution in [0.25, 0.3) is 0 Å². The highest BCUT2D eigenvalue weighted by Gasteiger charge is 2.45. The minimum Gasteiger partial charge on any atom is -0.331 e. The van der Waals surface area contributed by atoms with Crippen molar-refractivity contribution in [3.63, 3.8) is 0 Å². The van der Waals surface area contributed by atoms with Crippen molar-refractivity contribution in [2.75, 3.05) is 0 Å². The highest BCUT2D eigenvalue weighted by molar-refractivity contribution is 7.01. The third-order valence-electron chi connectivity index (χ3n) is 1.73. The van der Waals surface area contributed by atoms with Gasteiger partial charge in [-0.2, -0.15) is 0 Å². The molecule has 0 aliphatic heterocycles. The quantitative estimate of drug-likeness (QED) is 0.615. The molecule has 80 valence electrons. The minimum atomic E-state index is -2.60. The second-order valence-electron chi connectivity index (χ2n) is 5.56. The van der Waals surface area contributed by atoms with Gasteiger partial charge in [0.15, 0.2) is 0 Å². The van der Waals surface area contributed by atoms with Crippen LogP contribution in [0, 0.1) is 0 Å². The van der Waals surface area contributed by atoms with Crippen molar-refractivity contribution in [1.29, 1.82) is 0 Å². The molecule has 0 spiro atoms. The molecule has 0 aliphatic carbocycles. The zero-order chi connectivity index (χ0) is 11.1. The average molecular weight is 237 g/mol. The standard InChI is InChI=1S/C6H24N4Si3/c1-11(2,3)10(12(4,5)6)13(7,8)9/h7-9H2,1-6H3. The lowest BCUT2D eigenvalue weighted by molar-refractivity contribution is 0.864. The molecule has 0 aromatic heterocycles. The maximum Gasteiger partial charge on any atom is 0.347 e. The molecule has 0 aromatic rings. The van der Waals surface area contributed by atoms with Crippen molar-refractivity contribution >= 4 is 25.2 Å². The van der Waals surface area contributed by atoms with E-state index >= 15 is 0 Å². The molecule has 0 rings (SSSR count). The summed E-state index contributed by atoms with van der Waals surface area (Å²) in [7, 11) is -5.55. The summed E-state index contributed by atoms with van der Waals surface area (Å²) in [5, 5.41) is 17.8. The Morgan fingerprint density at radius 3 is 0.923 bits per heavy atom. The number of rotatable bonds is 3. The van der Waals surface area contributed by atoms with Crippen molar-refractivity contribution in [3.8, 4) is 0 Å². The molecule has 7 heteroatoms. The van der Waals surface area contributed by atoms with Gasteiger partial charge in [0.1, 0.15) is 16.5 Å². The van der Waals surface area contributed by atoms with E-state index in [1.807, 2.05) is 0 Å². The monoisotopic (exact) mass is 236 g/mol. The third kappa shape index (κ3) is 4.02. The van der Waals surface area contributed by atoms with E-state index in [1.54, 1.807) is 0 Å². The molecule has 0 saturated heterocycles. The van der Waals surface area contributed by atoms with Crippen LogP contribution in [0.4, 0.5) is 0 Å². The van der Waals surface area contributed by atoms with Gasteiger partial charge < -0.3 is 20.1 Å². The Kier molecular flexibility index (Phi) is 3.71. The van der Waals surface area contributed by atoms with Gasteiger partial charge in [-0.15, -0.1) is 0 Å². The SMILES string of the molecule is C[Si](C)(C)N([Si](C)(C)C)[Si](N)(N)N. The molecular formula is C6H24N4Si3. The highest BCUT2D eigenvalue weighted by Crippen LogP contribution is 2.20. The topological polar surface area (TPSA) is 81.3 Å². The second kappa shape index (κ2) is 3.57. The Labute approximate surface area is 85.0 Å². The summed E-state index contributed by atoms with van der Waals surface area (Å²) >= 11 is 0. The molecule has 0 unspecified atom stereocenters. The molecule has 4 nitrogen and oxygen atoms in total. The lowest BCUT2D eigenvalue weighted by Crippen LogP contribution is -2.85. The molecule has 0 aromatic carbocycles. The Balaban J connectivity index is 5.02. The molecule has 0 amide bonds. The van der Waals surface area contributed by atoms with Crippen molar-refractivity contribution in [3.05, 3.63) is 0 Å². The van der Waals surface area contributed by atoms with E-state index in [0.717, 1.165) is 0 Å². The van der Waals surface area contributed by atoms with Crippen LogP contribution in [-0.2, 0) is 0 Å². The first kappa shape index (κ1) is 13.5. The Morgan fingerprint density at radius 1 is 0.692 bits per heavy atom. The lowest BCUT2D eigenvalue weighted by atomic mass is 11.8. The van der Waals surface area contributed by atoms with Crippen LogP contribution in [0.3, 0.4) is 0 Å². The van der Waals surface area contributed by atoms with Gasteiger partial charge in [0.25, 0.3) is 0 Å². The van der Waals surface area contributed by atoms with Crippen LogP contribution < -0.4 is 16.2 Å². The molecular weight excluding hydrogens is 212 g/mol. The Hall–Kier alpha value is 0.491. The smallest absolute Gasteiger partial charge is 0.331 e. The number of nitrogens with zero attached hydrogens (tertiary/aromatic N) is 1. The van der Waals surface area contributed by atoms with Gasteiger partial charge >= 0.3 is 8.72 Å². The van der Waals surface area contributed by atoms with Gasteiger partial charge in [0.2, 0.25) is 0 Å². The summed E-state index contributed by atoms with van der Waals surface area (Å²) in [5.74, 6) is 0. The fourth-order valence-electron chi connectivity index (χ4n) is 2.17. The van der Waals surface area contributed by atoms with E-state index in [2.05, 4.69) is 43.2 Å². The van der Waals surface area contributed by atoms with E-state index in [9.17, 15) is 0 Å². The van der Waals surface area contributed by atoms with Crippen LogP contribution in [0.15, 0.2) is 0 Å². The van der Waals surface area contributed by atoms with E-state index in [0.29, 0.717) is 0 Å². The van der Waals surface area contributed by atoms with E-state index in [1.165, 1.54) is 0 Å². The number of hydrogen-bond acceptors (Lipinski definition) is 4. The molecule has 0 aliphatic rings. The van der Waals surface area contributed by atoms with Crippen molar-refractivity contribution in [2.45, 2.75) is 39.3 Å². The first-order chi connectivity index (χ1) is 5.37. The van der Waals surface area contributed by atoms with Crippen molar-refractivity contribution in [1.82, 2.24) is 3.90 Å². The summed E-state index contributed by atoms with van der Waals surface area (Å²) in [5.41, 5.74) is 0. The normalized spacial score (nSPS) is 15.2.